The van der Waals surface area contributed by atoms with E-state index in [9.17, 15) is 21.6 Å². The van der Waals surface area contributed by atoms with Crippen molar-refractivity contribution in [1.82, 2.24) is 0 Å². The fourth-order valence-electron chi connectivity index (χ4n) is 0.899. The summed E-state index contributed by atoms with van der Waals surface area (Å²) in [5, 5.41) is 0. The normalized spacial score (nSPS) is 11.8. The second kappa shape index (κ2) is 5.42. The average Bonchev–Trinajstić information content (AvgIpc) is 1.97. The van der Waals surface area contributed by atoms with E-state index in [-0.39, 0.29) is 16.9 Å². The lowest BCUT2D eigenvalue weighted by Crippen LogP contribution is -2.18. The minimum absolute atomic E-state index is 0. The highest BCUT2D eigenvalue weighted by atomic mass is 79.9. The molecule has 0 unspecified atom stereocenters. The van der Waals surface area contributed by atoms with Gasteiger partial charge in [-0.25, -0.2) is 0 Å². The van der Waals surface area contributed by atoms with Crippen molar-refractivity contribution in [2.75, 3.05) is 0 Å². The van der Waals surface area contributed by atoms with E-state index in [2.05, 4.69) is 20.7 Å². The molecule has 0 bridgehead atoms. The average molecular weight is 358 g/mol. The molecule has 10 heteroatoms. The molecule has 0 aliphatic carbocycles. The predicted octanol–water partition coefficient (Wildman–Crippen LogP) is 3.02. The number of rotatable bonds is 2. The lowest BCUT2D eigenvalue weighted by molar-refractivity contribution is -0.275. The van der Waals surface area contributed by atoms with Crippen LogP contribution in [-0.2, 0) is 10.1 Å². The number of alkyl halides is 3. The zero-order valence-corrected chi connectivity index (χ0v) is 11.0. The van der Waals surface area contributed by atoms with Crippen molar-refractivity contribution in [2.24, 2.45) is 0 Å². The first kappa shape index (κ1) is 16.5. The maximum atomic E-state index is 11.9. The minimum atomic E-state index is -5.04. The first-order valence-corrected chi connectivity index (χ1v) is 5.86. The summed E-state index contributed by atoms with van der Waals surface area (Å²) in [6, 6.07) is 2.74. The quantitative estimate of drug-likeness (QED) is 0.827. The van der Waals surface area contributed by atoms with E-state index in [1.165, 1.54) is 0 Å². The number of hydrogen-bond acceptors (Lipinski definition) is 3. The fourth-order valence-corrected chi connectivity index (χ4v) is 1.83. The molecule has 0 spiro atoms. The molecule has 1 rings (SSSR count). The van der Waals surface area contributed by atoms with Crippen molar-refractivity contribution in [3.05, 3.63) is 22.7 Å². The van der Waals surface area contributed by atoms with Crippen molar-refractivity contribution in [1.29, 1.82) is 0 Å². The molecule has 1 aromatic rings. The van der Waals surface area contributed by atoms with E-state index < -0.39 is 27.1 Å². The zero-order valence-electron chi connectivity index (χ0n) is 7.73. The van der Waals surface area contributed by atoms with Crippen LogP contribution < -0.4 is 4.74 Å². The Hall–Kier alpha value is -0.510. The van der Waals surface area contributed by atoms with Gasteiger partial charge in [0.25, 0.3) is 10.1 Å². The molecule has 0 aliphatic rings. The zero-order chi connectivity index (χ0) is 12.6. The summed E-state index contributed by atoms with van der Waals surface area (Å²) in [5.41, 5.74) is 0. The highest BCUT2D eigenvalue weighted by Gasteiger charge is 2.33. The van der Waals surface area contributed by atoms with Crippen LogP contribution in [0.3, 0.4) is 0 Å². The molecule has 0 saturated carbocycles. The Morgan fingerprint density at radius 2 is 1.82 bits per heavy atom. The van der Waals surface area contributed by atoms with Crippen molar-refractivity contribution in [3.63, 3.8) is 0 Å². The van der Waals surface area contributed by atoms with Gasteiger partial charge in [0.2, 0.25) is 0 Å². The van der Waals surface area contributed by atoms with Gasteiger partial charge >= 0.3 is 6.36 Å². The highest BCUT2D eigenvalue weighted by Crippen LogP contribution is 2.31. The third-order valence-electron chi connectivity index (χ3n) is 1.41. The van der Waals surface area contributed by atoms with Crippen LogP contribution in [0, 0.1) is 0 Å². The Balaban J connectivity index is 0.00000256. The van der Waals surface area contributed by atoms with Gasteiger partial charge in [-0.05, 0) is 18.2 Å². The molecule has 0 aliphatic heterocycles. The molecule has 1 aromatic carbocycles. The molecule has 17 heavy (non-hydrogen) atoms. The highest BCUT2D eigenvalue weighted by molar-refractivity contribution is 9.10. The van der Waals surface area contributed by atoms with Gasteiger partial charge in [-0.2, -0.15) is 8.42 Å². The van der Waals surface area contributed by atoms with Gasteiger partial charge in [0.15, 0.2) is 5.75 Å². The van der Waals surface area contributed by atoms with Crippen LogP contribution in [-0.4, -0.2) is 19.3 Å². The van der Waals surface area contributed by atoms with Gasteiger partial charge in [0.1, 0.15) is 4.90 Å². The molecule has 98 valence electrons. The Kier molecular flexibility index (Phi) is 5.26. The van der Waals surface area contributed by atoms with Gasteiger partial charge in [-0.1, -0.05) is 15.9 Å². The molecule has 0 heterocycles. The van der Waals surface area contributed by atoms with Crippen LogP contribution in [0.25, 0.3) is 0 Å². The fraction of sp³-hybridized carbons (Fsp3) is 0.143. The molecular formula is C7H5BrClF3O4S. The van der Waals surface area contributed by atoms with E-state index in [1.54, 1.807) is 0 Å². The summed E-state index contributed by atoms with van der Waals surface area (Å²) in [4.78, 5) is -0.951. The van der Waals surface area contributed by atoms with Crippen LogP contribution in [0.4, 0.5) is 13.2 Å². The number of halogens is 5. The molecule has 0 radical (unpaired) electrons. The van der Waals surface area contributed by atoms with Crippen molar-refractivity contribution >= 4 is 38.5 Å². The predicted molar refractivity (Wildman–Crippen MR) is 57.9 cm³/mol. The minimum Gasteiger partial charge on any atom is -0.404 e. The molecule has 1 N–H and O–H groups in total. The van der Waals surface area contributed by atoms with Gasteiger partial charge in [-0.3, -0.25) is 4.55 Å². The molecule has 4 nitrogen and oxygen atoms in total. The monoisotopic (exact) mass is 356 g/mol. The van der Waals surface area contributed by atoms with E-state index >= 15 is 0 Å². The van der Waals surface area contributed by atoms with Crippen LogP contribution in [0.1, 0.15) is 0 Å². The molecule has 0 saturated heterocycles. The molecular weight excluding hydrogens is 352 g/mol. The summed E-state index contributed by atoms with van der Waals surface area (Å²) >= 11 is 2.85. The Bertz CT molecular complexity index is 502. The Morgan fingerprint density at radius 1 is 1.29 bits per heavy atom. The van der Waals surface area contributed by atoms with Gasteiger partial charge in [0.05, 0.1) is 0 Å². The summed E-state index contributed by atoms with van der Waals surface area (Å²) in [6.45, 7) is 0. The Labute approximate surface area is 109 Å². The van der Waals surface area contributed by atoms with Crippen LogP contribution in [0.15, 0.2) is 27.6 Å². The van der Waals surface area contributed by atoms with E-state index in [1.807, 2.05) is 0 Å². The van der Waals surface area contributed by atoms with Gasteiger partial charge in [0, 0.05) is 4.47 Å². The summed E-state index contributed by atoms with van der Waals surface area (Å²) in [7, 11) is -4.77. The van der Waals surface area contributed by atoms with Crippen molar-refractivity contribution in [2.45, 2.75) is 11.3 Å². The third kappa shape index (κ3) is 5.11. The summed E-state index contributed by atoms with van der Waals surface area (Å²) < 4.78 is 69.6. The maximum absolute atomic E-state index is 11.9. The second-order valence-corrected chi connectivity index (χ2v) is 4.92. The van der Waals surface area contributed by atoms with Crippen LogP contribution in [0.2, 0.25) is 0 Å². The SMILES string of the molecule is Cl.O=S(=O)(O)c1ccc(Br)cc1OC(F)(F)F. The summed E-state index contributed by atoms with van der Waals surface area (Å²) in [6.07, 6.45) is -5.04. The number of hydrogen-bond donors (Lipinski definition) is 1. The van der Waals surface area contributed by atoms with Crippen LogP contribution >= 0.6 is 28.3 Å². The Morgan fingerprint density at radius 3 is 2.24 bits per heavy atom. The molecule has 0 atom stereocenters. The third-order valence-corrected chi connectivity index (χ3v) is 2.80. The maximum Gasteiger partial charge on any atom is 0.573 e. The van der Waals surface area contributed by atoms with E-state index in [4.69, 9.17) is 4.55 Å². The largest absolute Gasteiger partial charge is 0.573 e. The van der Waals surface area contributed by atoms with Crippen molar-refractivity contribution < 1.29 is 30.9 Å². The molecule has 0 aromatic heterocycles. The first-order valence-electron chi connectivity index (χ1n) is 3.62. The van der Waals surface area contributed by atoms with Crippen molar-refractivity contribution in [3.8, 4) is 5.75 Å². The topological polar surface area (TPSA) is 63.6 Å². The number of benzene rings is 1. The van der Waals surface area contributed by atoms with Gasteiger partial charge < -0.3 is 4.74 Å². The summed E-state index contributed by atoms with van der Waals surface area (Å²) in [5.74, 6) is -0.996. The number of ether oxygens (including phenoxy) is 1. The standard InChI is InChI=1S/C7H4BrF3O4S.ClH/c8-4-1-2-6(16(12,13)14)5(3-4)15-7(9,10)11;/h1-3H,(H,12,13,14);1H. The lowest BCUT2D eigenvalue weighted by atomic mass is 10.3. The molecule has 0 amide bonds. The second-order valence-electron chi connectivity index (χ2n) is 2.61. The van der Waals surface area contributed by atoms with Gasteiger partial charge in [-0.15, -0.1) is 25.6 Å². The smallest absolute Gasteiger partial charge is 0.404 e. The van der Waals surface area contributed by atoms with E-state index in [0.29, 0.717) is 0 Å². The molecule has 0 fully saturated rings. The lowest BCUT2D eigenvalue weighted by Gasteiger charge is -2.11. The van der Waals surface area contributed by atoms with E-state index in [0.717, 1.165) is 18.2 Å². The first-order chi connectivity index (χ1) is 7.09. The van der Waals surface area contributed by atoms with Crippen LogP contribution in [0.5, 0.6) is 5.75 Å².